The lowest BCUT2D eigenvalue weighted by atomic mass is 10.1. The quantitative estimate of drug-likeness (QED) is 0.564. The third kappa shape index (κ3) is 3.23. The molecule has 0 heterocycles. The molecule has 0 radical (unpaired) electrons. The van der Waals surface area contributed by atoms with E-state index in [1.807, 2.05) is 0 Å². The zero-order chi connectivity index (χ0) is 9.72. The highest BCUT2D eigenvalue weighted by Crippen LogP contribution is 2.00. The van der Waals surface area contributed by atoms with Crippen LogP contribution < -0.4 is 10.6 Å². The smallest absolute Gasteiger partial charge is 0.326 e. The van der Waals surface area contributed by atoms with Crippen molar-refractivity contribution in [3.05, 3.63) is 0 Å². The molecule has 0 aliphatic carbocycles. The van der Waals surface area contributed by atoms with Gasteiger partial charge < -0.3 is 15.7 Å². The van der Waals surface area contributed by atoms with Crippen molar-refractivity contribution in [1.29, 1.82) is 0 Å². The molecule has 0 unspecified atom stereocenters. The number of rotatable bonds is 3. The first-order chi connectivity index (χ1) is 5.49. The van der Waals surface area contributed by atoms with Crippen molar-refractivity contribution in [1.82, 2.24) is 10.6 Å². The molecule has 0 saturated carbocycles. The van der Waals surface area contributed by atoms with Crippen LogP contribution in [0.1, 0.15) is 13.8 Å². The van der Waals surface area contributed by atoms with Crippen LogP contribution in [0.4, 0.5) is 4.79 Å². The van der Waals surface area contributed by atoms with Crippen molar-refractivity contribution in [2.75, 3.05) is 7.05 Å². The highest BCUT2D eigenvalue weighted by Gasteiger charge is 2.22. The summed E-state index contributed by atoms with van der Waals surface area (Å²) < 4.78 is 0. The van der Waals surface area contributed by atoms with Gasteiger partial charge in [0.1, 0.15) is 6.04 Å². The van der Waals surface area contributed by atoms with Crippen LogP contribution in [0.2, 0.25) is 0 Å². The topological polar surface area (TPSA) is 78.4 Å². The molecular formula is C7H14N2O3. The number of urea groups is 1. The number of amides is 2. The molecule has 0 aromatic heterocycles. The normalized spacial score (nSPS) is 12.3. The maximum atomic E-state index is 10.7. The van der Waals surface area contributed by atoms with Crippen LogP contribution in [0, 0.1) is 5.92 Å². The molecule has 5 nitrogen and oxygen atoms in total. The summed E-state index contributed by atoms with van der Waals surface area (Å²) in [4.78, 5) is 21.3. The number of aliphatic carboxylic acids is 1. The Morgan fingerprint density at radius 1 is 1.33 bits per heavy atom. The molecule has 2 amide bonds. The van der Waals surface area contributed by atoms with Gasteiger partial charge in [-0.15, -0.1) is 0 Å². The number of hydrogen-bond donors (Lipinski definition) is 3. The Morgan fingerprint density at radius 3 is 2.08 bits per heavy atom. The second-order valence-electron chi connectivity index (χ2n) is 2.78. The van der Waals surface area contributed by atoms with Gasteiger partial charge in [0.05, 0.1) is 0 Å². The van der Waals surface area contributed by atoms with Crippen molar-refractivity contribution in [2.24, 2.45) is 5.92 Å². The Bertz CT molecular complexity index is 179. The van der Waals surface area contributed by atoms with Crippen molar-refractivity contribution in [3.63, 3.8) is 0 Å². The summed E-state index contributed by atoms with van der Waals surface area (Å²) >= 11 is 0. The standard InChI is InChI=1S/C7H14N2O3/c1-4(2)5(6(10)11)9-7(12)8-3/h4-5H,1-3H3,(H,10,11)(H2,8,9,12)/t5-/m0/s1. The first-order valence-corrected chi connectivity index (χ1v) is 3.70. The minimum atomic E-state index is -1.02. The highest BCUT2D eigenvalue weighted by atomic mass is 16.4. The predicted molar refractivity (Wildman–Crippen MR) is 43.9 cm³/mol. The number of hydrogen-bond acceptors (Lipinski definition) is 2. The van der Waals surface area contributed by atoms with Gasteiger partial charge in [-0.3, -0.25) is 0 Å². The van der Waals surface area contributed by atoms with Crippen LogP contribution in [0.3, 0.4) is 0 Å². The monoisotopic (exact) mass is 174 g/mol. The van der Waals surface area contributed by atoms with E-state index in [4.69, 9.17) is 5.11 Å². The molecule has 0 fully saturated rings. The van der Waals surface area contributed by atoms with Gasteiger partial charge in [0.2, 0.25) is 0 Å². The zero-order valence-electron chi connectivity index (χ0n) is 7.42. The lowest BCUT2D eigenvalue weighted by Crippen LogP contribution is -2.47. The molecule has 0 spiro atoms. The van der Waals surface area contributed by atoms with Gasteiger partial charge in [0.15, 0.2) is 0 Å². The maximum absolute atomic E-state index is 10.7. The molecule has 0 aliphatic heterocycles. The number of carbonyl (C=O) groups excluding carboxylic acids is 1. The summed E-state index contributed by atoms with van der Waals surface area (Å²) in [6.07, 6.45) is 0. The molecular weight excluding hydrogens is 160 g/mol. The molecule has 0 saturated heterocycles. The van der Waals surface area contributed by atoms with Crippen LogP contribution in [0.25, 0.3) is 0 Å². The summed E-state index contributed by atoms with van der Waals surface area (Å²) in [7, 11) is 1.44. The minimum Gasteiger partial charge on any atom is -0.480 e. The SMILES string of the molecule is CNC(=O)N[C@H](C(=O)O)C(C)C. The average molecular weight is 174 g/mol. The molecule has 0 aromatic carbocycles. The second-order valence-corrected chi connectivity index (χ2v) is 2.78. The molecule has 0 rings (SSSR count). The van der Waals surface area contributed by atoms with Crippen molar-refractivity contribution in [3.8, 4) is 0 Å². The average Bonchev–Trinajstić information content (AvgIpc) is 1.98. The zero-order valence-corrected chi connectivity index (χ0v) is 7.42. The second kappa shape index (κ2) is 4.58. The third-order valence-electron chi connectivity index (χ3n) is 1.45. The Kier molecular flexibility index (Phi) is 4.10. The van der Waals surface area contributed by atoms with E-state index in [1.165, 1.54) is 7.05 Å². The van der Waals surface area contributed by atoms with E-state index in [1.54, 1.807) is 13.8 Å². The fourth-order valence-corrected chi connectivity index (χ4v) is 0.727. The van der Waals surface area contributed by atoms with E-state index in [0.29, 0.717) is 0 Å². The van der Waals surface area contributed by atoms with Crippen molar-refractivity contribution in [2.45, 2.75) is 19.9 Å². The molecule has 5 heteroatoms. The van der Waals surface area contributed by atoms with E-state index >= 15 is 0 Å². The summed E-state index contributed by atoms with van der Waals surface area (Å²) in [5.41, 5.74) is 0. The van der Waals surface area contributed by atoms with Gasteiger partial charge in [0.25, 0.3) is 0 Å². The number of carboxylic acid groups (broad SMARTS) is 1. The van der Waals surface area contributed by atoms with E-state index in [0.717, 1.165) is 0 Å². The summed E-state index contributed by atoms with van der Waals surface area (Å²) in [6.45, 7) is 3.46. The van der Waals surface area contributed by atoms with Crippen molar-refractivity contribution < 1.29 is 14.7 Å². The summed E-state index contributed by atoms with van der Waals surface area (Å²) in [5, 5.41) is 13.3. The van der Waals surface area contributed by atoms with E-state index in [-0.39, 0.29) is 5.92 Å². The van der Waals surface area contributed by atoms with Crippen molar-refractivity contribution >= 4 is 12.0 Å². The van der Waals surface area contributed by atoms with Crippen LogP contribution in [-0.4, -0.2) is 30.2 Å². The lowest BCUT2D eigenvalue weighted by molar-refractivity contribution is -0.140. The molecule has 0 aliphatic rings. The predicted octanol–water partition coefficient (Wildman–Crippen LogP) is 0.0246. The van der Waals surface area contributed by atoms with Gasteiger partial charge in [-0.25, -0.2) is 9.59 Å². The fourth-order valence-electron chi connectivity index (χ4n) is 0.727. The Balaban J connectivity index is 4.14. The van der Waals surface area contributed by atoms with Crippen LogP contribution in [-0.2, 0) is 4.79 Å². The summed E-state index contributed by atoms with van der Waals surface area (Å²) in [6, 6.07) is -1.30. The van der Waals surface area contributed by atoms with E-state index < -0.39 is 18.0 Å². The first kappa shape index (κ1) is 10.7. The molecule has 1 atom stereocenters. The summed E-state index contributed by atoms with van der Waals surface area (Å²) in [5.74, 6) is -1.14. The largest absolute Gasteiger partial charge is 0.480 e. The maximum Gasteiger partial charge on any atom is 0.326 e. The fraction of sp³-hybridized carbons (Fsp3) is 0.714. The number of carbonyl (C=O) groups is 2. The van der Waals surface area contributed by atoms with E-state index in [9.17, 15) is 9.59 Å². The van der Waals surface area contributed by atoms with Gasteiger partial charge in [0, 0.05) is 7.05 Å². The number of nitrogens with one attached hydrogen (secondary N) is 2. The molecule has 3 N–H and O–H groups in total. The minimum absolute atomic E-state index is 0.125. The van der Waals surface area contributed by atoms with Gasteiger partial charge >= 0.3 is 12.0 Å². The molecule has 70 valence electrons. The van der Waals surface area contributed by atoms with Crippen LogP contribution >= 0.6 is 0 Å². The Hall–Kier alpha value is -1.26. The molecule has 0 aromatic rings. The lowest BCUT2D eigenvalue weighted by Gasteiger charge is -2.17. The first-order valence-electron chi connectivity index (χ1n) is 3.70. The van der Waals surface area contributed by atoms with Gasteiger partial charge in [-0.1, -0.05) is 13.8 Å². The Labute approximate surface area is 71.1 Å². The van der Waals surface area contributed by atoms with Gasteiger partial charge in [-0.2, -0.15) is 0 Å². The number of carboxylic acids is 1. The Morgan fingerprint density at radius 2 is 1.83 bits per heavy atom. The highest BCUT2D eigenvalue weighted by molar-refractivity contribution is 5.82. The van der Waals surface area contributed by atoms with Crippen LogP contribution in [0.15, 0.2) is 0 Å². The molecule has 12 heavy (non-hydrogen) atoms. The molecule has 0 bridgehead atoms. The van der Waals surface area contributed by atoms with Gasteiger partial charge in [-0.05, 0) is 5.92 Å². The third-order valence-corrected chi connectivity index (χ3v) is 1.45. The van der Waals surface area contributed by atoms with E-state index in [2.05, 4.69) is 10.6 Å². The van der Waals surface area contributed by atoms with Crippen LogP contribution in [0.5, 0.6) is 0 Å².